The zero-order chi connectivity index (χ0) is 23.1. The molecule has 2 heterocycles. The molecule has 0 N–H and O–H groups in total. The Labute approximate surface area is 191 Å². The van der Waals surface area contributed by atoms with Gasteiger partial charge >= 0.3 is 6.18 Å². The van der Waals surface area contributed by atoms with E-state index in [1.807, 2.05) is 4.90 Å². The molecule has 3 fully saturated rings. The standard InChI is InChI=1S/C21H27ClF3N3O3S/c22-19-4-3-17(13-18(19)21(23,24)25)32(30,31)28-7-5-16(6-8-28)20(29)27-11-9-26(10-12-27)14-15-1-2-15/h3-4,13,15-16H,1-2,5-12,14H2. The Morgan fingerprint density at radius 2 is 1.62 bits per heavy atom. The number of carbonyl (C=O) groups is 1. The second-order valence-corrected chi connectivity index (χ2v) is 11.2. The Bertz CT molecular complexity index is 953. The van der Waals surface area contributed by atoms with E-state index in [4.69, 9.17) is 11.6 Å². The summed E-state index contributed by atoms with van der Waals surface area (Å²) >= 11 is 5.61. The monoisotopic (exact) mass is 493 g/mol. The number of piperazine rings is 1. The van der Waals surface area contributed by atoms with Crippen LogP contribution >= 0.6 is 11.6 Å². The highest BCUT2D eigenvalue weighted by atomic mass is 35.5. The minimum absolute atomic E-state index is 0.0546. The van der Waals surface area contributed by atoms with Gasteiger partial charge in [-0.15, -0.1) is 0 Å². The van der Waals surface area contributed by atoms with Crippen molar-refractivity contribution in [1.29, 1.82) is 0 Å². The number of alkyl halides is 3. The highest BCUT2D eigenvalue weighted by Gasteiger charge is 2.38. The van der Waals surface area contributed by atoms with Crippen molar-refractivity contribution in [1.82, 2.24) is 14.1 Å². The third-order valence-electron chi connectivity index (χ3n) is 6.58. The molecule has 1 aromatic rings. The fraction of sp³-hybridized carbons (Fsp3) is 0.667. The molecule has 0 aromatic heterocycles. The van der Waals surface area contributed by atoms with E-state index in [0.29, 0.717) is 32.0 Å². The first-order chi connectivity index (χ1) is 15.1. The lowest BCUT2D eigenvalue weighted by atomic mass is 9.96. The van der Waals surface area contributed by atoms with Crippen LogP contribution in [0.2, 0.25) is 5.02 Å². The molecule has 0 spiro atoms. The van der Waals surface area contributed by atoms with Gasteiger partial charge in [-0.3, -0.25) is 9.69 Å². The van der Waals surface area contributed by atoms with Crippen LogP contribution in [0.15, 0.2) is 23.1 Å². The Balaban J connectivity index is 1.34. The van der Waals surface area contributed by atoms with Crippen molar-refractivity contribution < 1.29 is 26.4 Å². The average Bonchev–Trinajstić information content (AvgIpc) is 3.57. The quantitative estimate of drug-likeness (QED) is 0.631. The summed E-state index contributed by atoms with van der Waals surface area (Å²) in [6, 6.07) is 2.62. The van der Waals surface area contributed by atoms with Crippen molar-refractivity contribution in [3.63, 3.8) is 0 Å². The summed E-state index contributed by atoms with van der Waals surface area (Å²) < 4.78 is 66.3. The number of hydrogen-bond donors (Lipinski definition) is 0. The molecule has 4 rings (SSSR count). The highest BCUT2D eigenvalue weighted by molar-refractivity contribution is 7.89. The van der Waals surface area contributed by atoms with E-state index in [1.54, 1.807) is 0 Å². The summed E-state index contributed by atoms with van der Waals surface area (Å²) in [5.74, 6) is 0.614. The minimum atomic E-state index is -4.75. The summed E-state index contributed by atoms with van der Waals surface area (Å²) in [5.41, 5.74) is -1.17. The molecule has 1 amide bonds. The van der Waals surface area contributed by atoms with Gasteiger partial charge in [0.1, 0.15) is 0 Å². The van der Waals surface area contributed by atoms with E-state index < -0.39 is 31.7 Å². The van der Waals surface area contributed by atoms with Crippen LogP contribution in [0.1, 0.15) is 31.2 Å². The molecule has 11 heteroatoms. The van der Waals surface area contributed by atoms with Crippen LogP contribution in [-0.4, -0.2) is 74.2 Å². The van der Waals surface area contributed by atoms with Crippen LogP contribution < -0.4 is 0 Å². The van der Waals surface area contributed by atoms with Crippen molar-refractivity contribution >= 4 is 27.5 Å². The number of carbonyl (C=O) groups excluding carboxylic acids is 1. The molecule has 6 nitrogen and oxygen atoms in total. The van der Waals surface area contributed by atoms with Crippen LogP contribution in [0, 0.1) is 11.8 Å². The van der Waals surface area contributed by atoms with Gasteiger partial charge in [-0.05, 0) is 49.8 Å². The maximum atomic E-state index is 13.1. The normalized spacial score (nSPS) is 22.3. The molecule has 1 aromatic carbocycles. The first kappa shape index (κ1) is 23.8. The van der Waals surface area contributed by atoms with E-state index in [0.717, 1.165) is 42.0 Å². The van der Waals surface area contributed by atoms with Gasteiger partial charge in [-0.25, -0.2) is 8.42 Å². The molecule has 0 radical (unpaired) electrons. The molecule has 0 bridgehead atoms. The third-order valence-corrected chi connectivity index (χ3v) is 8.81. The summed E-state index contributed by atoms with van der Waals surface area (Å²) in [6.45, 7) is 4.43. The lowest BCUT2D eigenvalue weighted by Gasteiger charge is -2.38. The maximum absolute atomic E-state index is 13.1. The second kappa shape index (κ2) is 9.12. The van der Waals surface area contributed by atoms with Gasteiger partial charge in [0.2, 0.25) is 15.9 Å². The fourth-order valence-corrected chi connectivity index (χ4v) is 6.17. The summed E-state index contributed by atoms with van der Waals surface area (Å²) in [7, 11) is -4.11. The molecular formula is C21H27ClF3N3O3S. The Morgan fingerprint density at radius 3 is 2.19 bits per heavy atom. The number of piperidine rings is 1. The zero-order valence-electron chi connectivity index (χ0n) is 17.7. The predicted molar refractivity (Wildman–Crippen MR) is 114 cm³/mol. The second-order valence-electron chi connectivity index (χ2n) is 8.89. The number of halogens is 4. The van der Waals surface area contributed by atoms with Gasteiger partial charge < -0.3 is 4.90 Å². The van der Waals surface area contributed by atoms with Gasteiger partial charge in [-0.1, -0.05) is 11.6 Å². The fourth-order valence-electron chi connectivity index (χ4n) is 4.45. The Kier molecular flexibility index (Phi) is 6.78. The zero-order valence-corrected chi connectivity index (χ0v) is 19.2. The number of amides is 1. The SMILES string of the molecule is O=C(C1CCN(S(=O)(=O)c2ccc(Cl)c(C(F)(F)F)c2)CC1)N1CCN(CC2CC2)CC1. The summed E-state index contributed by atoms with van der Waals surface area (Å²) in [5, 5.41) is -0.544. The first-order valence-electron chi connectivity index (χ1n) is 10.9. The van der Waals surface area contributed by atoms with Gasteiger partial charge in [-0.2, -0.15) is 17.5 Å². The topological polar surface area (TPSA) is 60.9 Å². The Hall–Kier alpha value is -1.36. The Morgan fingerprint density at radius 1 is 1.00 bits per heavy atom. The van der Waals surface area contributed by atoms with Crippen LogP contribution in [0.4, 0.5) is 13.2 Å². The number of rotatable bonds is 5. The number of benzene rings is 1. The van der Waals surface area contributed by atoms with E-state index >= 15 is 0 Å². The van der Waals surface area contributed by atoms with Crippen LogP contribution in [0.25, 0.3) is 0 Å². The lowest BCUT2D eigenvalue weighted by Crippen LogP contribution is -2.52. The molecule has 0 atom stereocenters. The van der Waals surface area contributed by atoms with Crippen molar-refractivity contribution in [2.45, 2.75) is 36.8 Å². The third kappa shape index (κ3) is 5.24. The maximum Gasteiger partial charge on any atom is 0.417 e. The predicted octanol–water partition coefficient (Wildman–Crippen LogP) is 3.31. The molecule has 2 aliphatic heterocycles. The largest absolute Gasteiger partial charge is 0.417 e. The lowest BCUT2D eigenvalue weighted by molar-refractivity contribution is -0.139. The minimum Gasteiger partial charge on any atom is -0.340 e. The van der Waals surface area contributed by atoms with Gasteiger partial charge in [0.25, 0.3) is 0 Å². The van der Waals surface area contributed by atoms with Gasteiger partial charge in [0, 0.05) is 51.7 Å². The number of nitrogens with zero attached hydrogens (tertiary/aromatic N) is 3. The molecule has 1 saturated carbocycles. The molecule has 178 valence electrons. The van der Waals surface area contributed by atoms with E-state index in [1.165, 1.54) is 12.8 Å². The molecular weight excluding hydrogens is 467 g/mol. The highest BCUT2D eigenvalue weighted by Crippen LogP contribution is 2.37. The van der Waals surface area contributed by atoms with Crippen molar-refractivity contribution in [2.24, 2.45) is 11.8 Å². The smallest absolute Gasteiger partial charge is 0.340 e. The molecule has 0 unspecified atom stereocenters. The van der Waals surface area contributed by atoms with Crippen LogP contribution in [0.5, 0.6) is 0 Å². The molecule has 2 saturated heterocycles. The molecule has 1 aliphatic carbocycles. The van der Waals surface area contributed by atoms with Gasteiger partial charge in [0.15, 0.2) is 0 Å². The van der Waals surface area contributed by atoms with E-state index in [2.05, 4.69) is 4.90 Å². The van der Waals surface area contributed by atoms with Crippen LogP contribution in [0.3, 0.4) is 0 Å². The van der Waals surface area contributed by atoms with Crippen molar-refractivity contribution in [3.05, 3.63) is 28.8 Å². The van der Waals surface area contributed by atoms with Gasteiger partial charge in [0.05, 0.1) is 15.5 Å². The first-order valence-corrected chi connectivity index (χ1v) is 12.8. The molecule has 3 aliphatic rings. The average molecular weight is 494 g/mol. The summed E-state index contributed by atoms with van der Waals surface area (Å²) in [6.07, 6.45) is -1.42. The number of hydrogen-bond acceptors (Lipinski definition) is 4. The van der Waals surface area contributed by atoms with Crippen molar-refractivity contribution in [3.8, 4) is 0 Å². The number of sulfonamides is 1. The van der Waals surface area contributed by atoms with Crippen molar-refractivity contribution in [2.75, 3.05) is 45.8 Å². The van der Waals surface area contributed by atoms with E-state index in [-0.39, 0.29) is 24.9 Å². The summed E-state index contributed by atoms with van der Waals surface area (Å²) in [4.78, 5) is 16.7. The van der Waals surface area contributed by atoms with E-state index in [9.17, 15) is 26.4 Å². The van der Waals surface area contributed by atoms with Crippen LogP contribution in [-0.2, 0) is 21.0 Å². The molecule has 32 heavy (non-hydrogen) atoms.